The second-order valence-electron chi connectivity index (χ2n) is 5.50. The number of anilines is 1. The molecule has 2 aliphatic rings. The first-order valence-corrected chi connectivity index (χ1v) is 7.39. The van der Waals surface area contributed by atoms with E-state index in [0.29, 0.717) is 6.04 Å². The molecule has 0 spiro atoms. The van der Waals surface area contributed by atoms with Crippen LogP contribution in [0.3, 0.4) is 0 Å². The fourth-order valence-electron chi connectivity index (χ4n) is 2.28. The van der Waals surface area contributed by atoms with Crippen molar-refractivity contribution in [1.29, 1.82) is 0 Å². The number of nitrogens with zero attached hydrogens (tertiary/aromatic N) is 2. The first-order valence-electron chi connectivity index (χ1n) is 7.02. The van der Waals surface area contributed by atoms with E-state index >= 15 is 0 Å². The zero-order valence-electron chi connectivity index (χ0n) is 11.3. The lowest BCUT2D eigenvalue weighted by Crippen LogP contribution is -2.29. The molecule has 1 aliphatic carbocycles. The molecule has 0 radical (unpaired) electrons. The fourth-order valence-corrected chi connectivity index (χ4v) is 2.45. The molecule has 0 unspecified atom stereocenters. The van der Waals surface area contributed by atoms with Gasteiger partial charge >= 0.3 is 0 Å². The molecule has 1 fully saturated rings. The van der Waals surface area contributed by atoms with Crippen LogP contribution in [0.5, 0.6) is 0 Å². The Morgan fingerprint density at radius 1 is 1.42 bits per heavy atom. The van der Waals surface area contributed by atoms with Gasteiger partial charge in [-0.25, -0.2) is 4.98 Å². The van der Waals surface area contributed by atoms with Crippen molar-refractivity contribution in [2.45, 2.75) is 38.8 Å². The van der Waals surface area contributed by atoms with E-state index in [9.17, 15) is 0 Å². The van der Waals surface area contributed by atoms with Gasteiger partial charge in [-0.15, -0.1) is 0 Å². The maximum absolute atomic E-state index is 6.23. The van der Waals surface area contributed by atoms with Crippen molar-refractivity contribution in [3.05, 3.63) is 34.5 Å². The van der Waals surface area contributed by atoms with Crippen LogP contribution in [-0.2, 0) is 6.54 Å². The molecule has 0 saturated heterocycles. The molecule has 1 saturated carbocycles. The first-order chi connectivity index (χ1) is 9.22. The molecule has 0 bridgehead atoms. The largest absolute Gasteiger partial charge is 0.353 e. The summed E-state index contributed by atoms with van der Waals surface area (Å²) in [6, 6.07) is 4.68. The Morgan fingerprint density at radius 3 is 2.95 bits per heavy atom. The Morgan fingerprint density at radius 2 is 2.26 bits per heavy atom. The zero-order chi connectivity index (χ0) is 13.2. The number of pyridine rings is 1. The standard InChI is InChI=1S/C15H20ClN3/c1-11-6-8-19(9-7-11)15-5-4-13(16)14(18-15)10-17-12-2-3-12/h4-6,12,17H,2-3,7-10H2,1H3. The monoisotopic (exact) mass is 277 g/mol. The van der Waals surface area contributed by atoms with Gasteiger partial charge in [0.1, 0.15) is 5.82 Å². The normalized spacial score (nSPS) is 19.5. The van der Waals surface area contributed by atoms with Gasteiger partial charge in [0.25, 0.3) is 0 Å². The summed E-state index contributed by atoms with van der Waals surface area (Å²) in [5.41, 5.74) is 2.44. The summed E-state index contributed by atoms with van der Waals surface area (Å²) >= 11 is 6.23. The van der Waals surface area contributed by atoms with Gasteiger partial charge in [0.2, 0.25) is 0 Å². The lowest BCUT2D eigenvalue weighted by Gasteiger charge is -2.27. The molecule has 3 rings (SSSR count). The first kappa shape index (κ1) is 12.9. The number of aromatic nitrogens is 1. The molecule has 3 nitrogen and oxygen atoms in total. The number of nitrogens with one attached hydrogen (secondary N) is 1. The highest BCUT2D eigenvalue weighted by Crippen LogP contribution is 2.24. The highest BCUT2D eigenvalue weighted by atomic mass is 35.5. The minimum Gasteiger partial charge on any atom is -0.353 e. The number of hydrogen-bond donors (Lipinski definition) is 1. The van der Waals surface area contributed by atoms with Crippen LogP contribution in [-0.4, -0.2) is 24.1 Å². The van der Waals surface area contributed by atoms with Crippen molar-refractivity contribution in [1.82, 2.24) is 10.3 Å². The quantitative estimate of drug-likeness (QED) is 0.857. The number of hydrogen-bond acceptors (Lipinski definition) is 3. The molecule has 1 N–H and O–H groups in total. The van der Waals surface area contributed by atoms with Crippen LogP contribution in [0.4, 0.5) is 5.82 Å². The maximum Gasteiger partial charge on any atom is 0.129 e. The van der Waals surface area contributed by atoms with Gasteiger partial charge in [-0.3, -0.25) is 0 Å². The Labute approximate surface area is 119 Å². The minimum absolute atomic E-state index is 0.682. The summed E-state index contributed by atoms with van der Waals surface area (Å²) in [5.74, 6) is 1.04. The van der Waals surface area contributed by atoms with Crippen LogP contribution in [0.2, 0.25) is 5.02 Å². The molecule has 102 valence electrons. The SMILES string of the molecule is CC1=CCN(c2ccc(Cl)c(CNC3CC3)n2)CC1. The Bertz CT molecular complexity index is 494. The summed E-state index contributed by atoms with van der Waals surface area (Å²) < 4.78 is 0. The smallest absolute Gasteiger partial charge is 0.129 e. The third kappa shape index (κ3) is 3.28. The molecule has 0 aromatic carbocycles. The third-order valence-electron chi connectivity index (χ3n) is 3.80. The molecule has 1 aromatic rings. The summed E-state index contributed by atoms with van der Waals surface area (Å²) in [7, 11) is 0. The average Bonchev–Trinajstić information content (AvgIpc) is 3.23. The van der Waals surface area contributed by atoms with Crippen molar-refractivity contribution in [2.75, 3.05) is 18.0 Å². The lowest BCUT2D eigenvalue weighted by molar-refractivity contribution is 0.671. The molecule has 1 aliphatic heterocycles. The molecule has 0 amide bonds. The lowest BCUT2D eigenvalue weighted by atomic mass is 10.1. The van der Waals surface area contributed by atoms with Crippen LogP contribution >= 0.6 is 11.6 Å². The van der Waals surface area contributed by atoms with E-state index in [0.717, 1.165) is 42.6 Å². The van der Waals surface area contributed by atoms with Crippen molar-refractivity contribution >= 4 is 17.4 Å². The predicted molar refractivity (Wildman–Crippen MR) is 79.7 cm³/mol. The van der Waals surface area contributed by atoms with Crippen LogP contribution < -0.4 is 10.2 Å². The van der Waals surface area contributed by atoms with E-state index in [-0.39, 0.29) is 0 Å². The van der Waals surface area contributed by atoms with Gasteiger partial charge in [-0.05, 0) is 38.3 Å². The predicted octanol–water partition coefficient (Wildman–Crippen LogP) is 3.14. The molecule has 0 atom stereocenters. The Hall–Kier alpha value is -1.06. The van der Waals surface area contributed by atoms with Crippen LogP contribution in [0, 0.1) is 0 Å². The molecular formula is C15H20ClN3. The van der Waals surface area contributed by atoms with E-state index in [1.165, 1.54) is 18.4 Å². The minimum atomic E-state index is 0.682. The van der Waals surface area contributed by atoms with Gasteiger partial charge in [-0.1, -0.05) is 23.3 Å². The van der Waals surface area contributed by atoms with E-state index in [2.05, 4.69) is 23.2 Å². The molecule has 19 heavy (non-hydrogen) atoms. The van der Waals surface area contributed by atoms with Gasteiger partial charge < -0.3 is 10.2 Å². The second kappa shape index (κ2) is 5.51. The Balaban J connectivity index is 1.72. The maximum atomic E-state index is 6.23. The van der Waals surface area contributed by atoms with Crippen LogP contribution in [0.25, 0.3) is 0 Å². The van der Waals surface area contributed by atoms with E-state index < -0.39 is 0 Å². The van der Waals surface area contributed by atoms with Crippen molar-refractivity contribution < 1.29 is 0 Å². The highest BCUT2D eigenvalue weighted by molar-refractivity contribution is 6.31. The second-order valence-corrected chi connectivity index (χ2v) is 5.91. The van der Waals surface area contributed by atoms with E-state index in [1.807, 2.05) is 12.1 Å². The van der Waals surface area contributed by atoms with Gasteiger partial charge in [-0.2, -0.15) is 0 Å². The van der Waals surface area contributed by atoms with Crippen LogP contribution in [0.1, 0.15) is 31.9 Å². The molecular weight excluding hydrogens is 258 g/mol. The van der Waals surface area contributed by atoms with Crippen molar-refractivity contribution in [3.8, 4) is 0 Å². The summed E-state index contributed by atoms with van der Waals surface area (Å²) in [6.07, 6.45) is 5.98. The average molecular weight is 278 g/mol. The van der Waals surface area contributed by atoms with Gasteiger partial charge in [0.15, 0.2) is 0 Å². The highest BCUT2D eigenvalue weighted by Gasteiger charge is 2.21. The van der Waals surface area contributed by atoms with Crippen molar-refractivity contribution in [2.24, 2.45) is 0 Å². The van der Waals surface area contributed by atoms with E-state index in [4.69, 9.17) is 16.6 Å². The van der Waals surface area contributed by atoms with Gasteiger partial charge in [0, 0.05) is 25.7 Å². The molecule has 1 aromatic heterocycles. The van der Waals surface area contributed by atoms with Crippen LogP contribution in [0.15, 0.2) is 23.8 Å². The number of halogens is 1. The molecule has 4 heteroatoms. The molecule has 2 heterocycles. The van der Waals surface area contributed by atoms with Gasteiger partial charge in [0.05, 0.1) is 10.7 Å². The van der Waals surface area contributed by atoms with Crippen molar-refractivity contribution in [3.63, 3.8) is 0 Å². The zero-order valence-corrected chi connectivity index (χ0v) is 12.1. The summed E-state index contributed by atoms with van der Waals surface area (Å²) in [6.45, 7) is 4.97. The Kier molecular flexibility index (Phi) is 3.76. The summed E-state index contributed by atoms with van der Waals surface area (Å²) in [4.78, 5) is 7.03. The number of rotatable bonds is 4. The van der Waals surface area contributed by atoms with E-state index in [1.54, 1.807) is 0 Å². The summed E-state index contributed by atoms with van der Waals surface area (Å²) in [5, 5.41) is 4.24. The third-order valence-corrected chi connectivity index (χ3v) is 4.14. The fraction of sp³-hybridized carbons (Fsp3) is 0.533. The topological polar surface area (TPSA) is 28.2 Å².